The molecule has 88 valence electrons. The zero-order valence-corrected chi connectivity index (χ0v) is 10.3. The van der Waals surface area contributed by atoms with Gasteiger partial charge in [0.05, 0.1) is 5.92 Å². The number of hydrogen-bond acceptors (Lipinski definition) is 1. The first-order valence-electron chi connectivity index (χ1n) is 5.94. The van der Waals surface area contributed by atoms with Crippen LogP contribution in [0.5, 0.6) is 0 Å². The van der Waals surface area contributed by atoms with Crippen LogP contribution in [0.25, 0.3) is 11.8 Å². The lowest BCUT2D eigenvalue weighted by Gasteiger charge is -2.27. The molecule has 2 heteroatoms. The molecule has 0 aromatic heterocycles. The van der Waals surface area contributed by atoms with Crippen LogP contribution in [0.15, 0.2) is 30.9 Å². The molecule has 2 rings (SSSR count). The van der Waals surface area contributed by atoms with Gasteiger partial charge in [0.2, 0.25) is 5.91 Å². The predicted molar refractivity (Wildman–Crippen MR) is 71.4 cm³/mol. The van der Waals surface area contributed by atoms with Crippen LogP contribution < -0.4 is 5.32 Å². The van der Waals surface area contributed by atoms with Gasteiger partial charge < -0.3 is 5.32 Å². The molecule has 1 amide bonds. The summed E-state index contributed by atoms with van der Waals surface area (Å²) in [6.45, 7) is 7.97. The second-order valence-electron chi connectivity index (χ2n) is 4.24. The Morgan fingerprint density at radius 2 is 2.24 bits per heavy atom. The van der Waals surface area contributed by atoms with Gasteiger partial charge in [0, 0.05) is 11.3 Å². The summed E-state index contributed by atoms with van der Waals surface area (Å²) in [6, 6.07) is 6.08. The Hall–Kier alpha value is -1.83. The van der Waals surface area contributed by atoms with Gasteiger partial charge in [-0.05, 0) is 24.5 Å². The summed E-state index contributed by atoms with van der Waals surface area (Å²) >= 11 is 0. The van der Waals surface area contributed by atoms with E-state index in [1.165, 1.54) is 0 Å². The van der Waals surface area contributed by atoms with Crippen LogP contribution in [0.3, 0.4) is 0 Å². The molecule has 17 heavy (non-hydrogen) atoms. The monoisotopic (exact) mass is 227 g/mol. The van der Waals surface area contributed by atoms with Crippen molar-refractivity contribution in [2.75, 3.05) is 0 Å². The quantitative estimate of drug-likeness (QED) is 0.825. The average molecular weight is 227 g/mol. The lowest BCUT2D eigenvalue weighted by Crippen LogP contribution is -2.33. The SMILES string of the molecule is C=C1NC(=O)C(CC)c2cccc(/C=C\C)c21. The molecular formula is C15H17NO. The molecule has 2 nitrogen and oxygen atoms in total. The normalized spacial score (nSPS) is 19.3. The maximum Gasteiger partial charge on any atom is 0.231 e. The lowest BCUT2D eigenvalue weighted by molar-refractivity contribution is -0.121. The van der Waals surface area contributed by atoms with Crippen LogP contribution in [0.4, 0.5) is 0 Å². The van der Waals surface area contributed by atoms with E-state index in [1.54, 1.807) is 0 Å². The highest BCUT2D eigenvalue weighted by Crippen LogP contribution is 2.34. The van der Waals surface area contributed by atoms with Gasteiger partial charge in [-0.2, -0.15) is 0 Å². The largest absolute Gasteiger partial charge is 0.326 e. The summed E-state index contributed by atoms with van der Waals surface area (Å²) in [7, 11) is 0. The first kappa shape index (κ1) is 11.6. The van der Waals surface area contributed by atoms with Crippen LogP contribution in [-0.4, -0.2) is 5.91 Å². The van der Waals surface area contributed by atoms with Crippen molar-refractivity contribution in [2.45, 2.75) is 26.2 Å². The molecule has 1 aliphatic heterocycles. The van der Waals surface area contributed by atoms with Gasteiger partial charge in [-0.25, -0.2) is 0 Å². The van der Waals surface area contributed by atoms with Crippen molar-refractivity contribution in [1.82, 2.24) is 5.32 Å². The second-order valence-corrected chi connectivity index (χ2v) is 4.24. The molecule has 1 N–H and O–H groups in total. The minimum Gasteiger partial charge on any atom is -0.326 e. The Balaban J connectivity index is 2.64. The molecule has 1 heterocycles. The summed E-state index contributed by atoms with van der Waals surface area (Å²) in [4.78, 5) is 11.9. The third-order valence-corrected chi connectivity index (χ3v) is 3.15. The van der Waals surface area contributed by atoms with Crippen LogP contribution in [0.1, 0.15) is 42.9 Å². The van der Waals surface area contributed by atoms with Crippen molar-refractivity contribution >= 4 is 17.7 Å². The van der Waals surface area contributed by atoms with Crippen molar-refractivity contribution in [1.29, 1.82) is 0 Å². The molecule has 1 unspecified atom stereocenters. The van der Waals surface area contributed by atoms with Crippen LogP contribution in [-0.2, 0) is 4.79 Å². The highest BCUT2D eigenvalue weighted by molar-refractivity contribution is 5.97. The number of fused-ring (bicyclic) bond motifs is 1. The average Bonchev–Trinajstić information content (AvgIpc) is 2.29. The first-order chi connectivity index (χ1) is 8.19. The molecule has 1 aromatic rings. The van der Waals surface area contributed by atoms with Gasteiger partial charge in [0.1, 0.15) is 0 Å². The Morgan fingerprint density at radius 1 is 1.47 bits per heavy atom. The second kappa shape index (κ2) is 4.58. The third kappa shape index (κ3) is 1.91. The number of hydrogen-bond donors (Lipinski definition) is 1. The van der Waals surface area contributed by atoms with E-state index in [4.69, 9.17) is 0 Å². The summed E-state index contributed by atoms with van der Waals surface area (Å²) in [5.41, 5.74) is 4.01. The van der Waals surface area contributed by atoms with Gasteiger partial charge >= 0.3 is 0 Å². The van der Waals surface area contributed by atoms with Gasteiger partial charge in [0.15, 0.2) is 0 Å². The first-order valence-corrected chi connectivity index (χ1v) is 5.94. The Kier molecular flexibility index (Phi) is 3.14. The molecule has 0 saturated carbocycles. The highest BCUT2D eigenvalue weighted by Gasteiger charge is 2.28. The molecule has 0 aliphatic carbocycles. The Morgan fingerprint density at radius 3 is 2.88 bits per heavy atom. The maximum atomic E-state index is 11.9. The predicted octanol–water partition coefficient (Wildman–Crippen LogP) is 3.31. The van der Waals surface area contributed by atoms with Crippen LogP contribution >= 0.6 is 0 Å². The zero-order chi connectivity index (χ0) is 12.4. The molecule has 1 aromatic carbocycles. The van der Waals surface area contributed by atoms with E-state index in [-0.39, 0.29) is 11.8 Å². The number of rotatable bonds is 2. The molecule has 0 saturated heterocycles. The van der Waals surface area contributed by atoms with Gasteiger partial charge in [-0.3, -0.25) is 4.79 Å². The van der Waals surface area contributed by atoms with E-state index in [9.17, 15) is 4.79 Å². The van der Waals surface area contributed by atoms with E-state index < -0.39 is 0 Å². The maximum absolute atomic E-state index is 11.9. The molecule has 1 aliphatic rings. The van der Waals surface area contributed by atoms with Gasteiger partial charge in [-0.1, -0.05) is 43.9 Å². The van der Waals surface area contributed by atoms with E-state index in [0.717, 1.165) is 23.1 Å². The van der Waals surface area contributed by atoms with Crippen molar-refractivity contribution in [3.8, 4) is 0 Å². The van der Waals surface area contributed by atoms with Crippen LogP contribution in [0.2, 0.25) is 0 Å². The van der Waals surface area contributed by atoms with Gasteiger partial charge in [0.25, 0.3) is 0 Å². The summed E-state index contributed by atoms with van der Waals surface area (Å²) in [6.07, 6.45) is 4.86. The molecule has 0 spiro atoms. The topological polar surface area (TPSA) is 29.1 Å². The van der Waals surface area contributed by atoms with E-state index in [0.29, 0.717) is 5.70 Å². The molecule has 0 fully saturated rings. The molecular weight excluding hydrogens is 210 g/mol. The van der Waals surface area contributed by atoms with Crippen molar-refractivity contribution in [2.24, 2.45) is 0 Å². The fraction of sp³-hybridized carbons (Fsp3) is 0.267. The van der Waals surface area contributed by atoms with Crippen LogP contribution in [0, 0.1) is 0 Å². The Labute approximate surface area is 102 Å². The minimum absolute atomic E-state index is 0.0549. The number of carbonyl (C=O) groups is 1. The molecule has 0 bridgehead atoms. The van der Waals surface area contributed by atoms with E-state index >= 15 is 0 Å². The molecule has 1 atom stereocenters. The number of nitrogens with one attached hydrogen (secondary N) is 1. The Bertz CT molecular complexity index is 500. The number of benzene rings is 1. The molecule has 0 radical (unpaired) electrons. The number of amides is 1. The zero-order valence-electron chi connectivity index (χ0n) is 10.3. The fourth-order valence-electron chi connectivity index (χ4n) is 2.39. The lowest BCUT2D eigenvalue weighted by atomic mass is 9.84. The summed E-state index contributed by atoms with van der Waals surface area (Å²) < 4.78 is 0. The number of carbonyl (C=O) groups excluding carboxylic acids is 1. The van der Waals surface area contributed by atoms with Crippen molar-refractivity contribution < 1.29 is 4.79 Å². The summed E-state index contributed by atoms with van der Waals surface area (Å²) in [5.74, 6) is 0.00309. The van der Waals surface area contributed by atoms with E-state index in [2.05, 4.69) is 11.9 Å². The summed E-state index contributed by atoms with van der Waals surface area (Å²) in [5, 5.41) is 2.87. The van der Waals surface area contributed by atoms with Crippen molar-refractivity contribution in [3.63, 3.8) is 0 Å². The smallest absolute Gasteiger partial charge is 0.231 e. The standard InChI is InChI=1S/C15H17NO/c1-4-7-11-8-6-9-13-12(5-2)15(17)16-10(3)14(11)13/h4,6-9,12H,3,5H2,1-2H3,(H,16,17)/b7-4-. The van der Waals surface area contributed by atoms with E-state index in [1.807, 2.05) is 44.2 Å². The minimum atomic E-state index is -0.0549. The van der Waals surface area contributed by atoms with Crippen molar-refractivity contribution in [3.05, 3.63) is 47.5 Å². The number of allylic oxidation sites excluding steroid dienone is 1. The van der Waals surface area contributed by atoms with Gasteiger partial charge in [-0.15, -0.1) is 0 Å². The third-order valence-electron chi connectivity index (χ3n) is 3.15. The highest BCUT2D eigenvalue weighted by atomic mass is 16.1. The fourth-order valence-corrected chi connectivity index (χ4v) is 2.39.